The second-order valence-corrected chi connectivity index (χ2v) is 4.91. The summed E-state index contributed by atoms with van der Waals surface area (Å²) in [6, 6.07) is 13.4. The second kappa shape index (κ2) is 4.28. The quantitative estimate of drug-likeness (QED) is 0.500. The normalized spacial score (nSPS) is 12.0. The molecule has 2 aromatic carbocycles. The molecule has 3 N–H and O–H groups in total. The predicted molar refractivity (Wildman–Crippen MR) is 84.1 cm³/mol. The van der Waals surface area contributed by atoms with Crippen molar-refractivity contribution in [1.82, 2.24) is 4.98 Å². The highest BCUT2D eigenvalue weighted by Gasteiger charge is 2.19. The van der Waals surface area contributed by atoms with E-state index >= 15 is 0 Å². The molecule has 0 fully saturated rings. The van der Waals surface area contributed by atoms with Gasteiger partial charge in [-0.3, -0.25) is 4.79 Å². The zero-order valence-corrected chi connectivity index (χ0v) is 11.4. The molecule has 0 atom stereocenters. The van der Waals surface area contributed by atoms with Gasteiger partial charge in [0.25, 0.3) is 5.56 Å². The molecule has 4 rings (SSSR count). The predicted octanol–water partition coefficient (Wildman–Crippen LogP) is 3.34. The topological polar surface area (TPSA) is 66.2 Å². The smallest absolute Gasteiger partial charge is 0.274 e. The molecule has 5 heteroatoms. The van der Waals surface area contributed by atoms with Crippen molar-refractivity contribution < 1.29 is 4.74 Å². The molecule has 3 aromatic rings. The molecule has 0 saturated heterocycles. The first-order chi connectivity index (χ1) is 10.3. The highest BCUT2D eigenvalue weighted by molar-refractivity contribution is 6.04. The molecule has 2 heterocycles. The van der Waals surface area contributed by atoms with Crippen molar-refractivity contribution in [2.45, 2.75) is 0 Å². The van der Waals surface area contributed by atoms with Gasteiger partial charge in [-0.05, 0) is 24.3 Å². The van der Waals surface area contributed by atoms with Gasteiger partial charge in [0, 0.05) is 11.5 Å². The number of anilines is 4. The van der Waals surface area contributed by atoms with Crippen molar-refractivity contribution in [2.24, 2.45) is 0 Å². The Morgan fingerprint density at radius 2 is 1.67 bits per heavy atom. The van der Waals surface area contributed by atoms with E-state index in [1.165, 1.54) is 0 Å². The third-order valence-corrected chi connectivity index (χ3v) is 3.67. The minimum atomic E-state index is -0.159. The summed E-state index contributed by atoms with van der Waals surface area (Å²) in [6.07, 6.45) is 0. The first-order valence-corrected chi connectivity index (χ1v) is 6.63. The molecule has 1 aliphatic heterocycles. The van der Waals surface area contributed by atoms with Crippen LogP contribution in [0, 0.1) is 0 Å². The maximum absolute atomic E-state index is 12.3. The fraction of sp³-hybridized carbons (Fsp3) is 0.0625. The zero-order valence-electron chi connectivity index (χ0n) is 11.4. The van der Waals surface area contributed by atoms with Gasteiger partial charge < -0.3 is 20.4 Å². The first-order valence-electron chi connectivity index (χ1n) is 6.63. The monoisotopic (exact) mass is 279 g/mol. The van der Waals surface area contributed by atoms with Crippen LogP contribution in [-0.2, 0) is 0 Å². The molecule has 0 saturated carbocycles. The molecule has 21 heavy (non-hydrogen) atoms. The number of para-hydroxylation sites is 2. The Morgan fingerprint density at radius 1 is 0.952 bits per heavy atom. The number of rotatable bonds is 1. The molecule has 1 aromatic heterocycles. The van der Waals surface area contributed by atoms with E-state index in [1.54, 1.807) is 7.11 Å². The number of aromatic nitrogens is 1. The molecule has 0 aliphatic carbocycles. The van der Waals surface area contributed by atoms with Crippen LogP contribution in [0.5, 0.6) is 5.75 Å². The van der Waals surface area contributed by atoms with E-state index in [-0.39, 0.29) is 5.56 Å². The van der Waals surface area contributed by atoms with Gasteiger partial charge >= 0.3 is 0 Å². The van der Waals surface area contributed by atoms with Crippen molar-refractivity contribution >= 4 is 33.7 Å². The number of hydrogen-bond donors (Lipinski definition) is 3. The number of benzene rings is 2. The Hall–Kier alpha value is -2.95. The molecule has 0 unspecified atom stereocenters. The summed E-state index contributed by atoms with van der Waals surface area (Å²) in [5.74, 6) is 0.710. The summed E-state index contributed by atoms with van der Waals surface area (Å²) in [6.45, 7) is 0. The third-order valence-electron chi connectivity index (χ3n) is 3.67. The van der Waals surface area contributed by atoms with Gasteiger partial charge in [0.15, 0.2) is 0 Å². The Bertz CT molecular complexity index is 915. The molecule has 104 valence electrons. The van der Waals surface area contributed by atoms with E-state index < -0.39 is 0 Å². The lowest BCUT2D eigenvalue weighted by molar-refractivity contribution is 0.415. The van der Waals surface area contributed by atoms with Gasteiger partial charge in [-0.2, -0.15) is 0 Å². The highest BCUT2D eigenvalue weighted by Crippen LogP contribution is 2.40. The molecule has 0 spiro atoms. The van der Waals surface area contributed by atoms with Gasteiger partial charge in [0.2, 0.25) is 0 Å². The second-order valence-electron chi connectivity index (χ2n) is 4.91. The maximum Gasteiger partial charge on any atom is 0.274 e. The lowest BCUT2D eigenvalue weighted by Gasteiger charge is -2.23. The van der Waals surface area contributed by atoms with Crippen LogP contribution in [-0.4, -0.2) is 12.1 Å². The summed E-state index contributed by atoms with van der Waals surface area (Å²) in [7, 11) is 1.60. The Kier molecular flexibility index (Phi) is 2.41. The van der Waals surface area contributed by atoms with Crippen molar-refractivity contribution in [3.05, 3.63) is 52.8 Å². The summed E-state index contributed by atoms with van der Waals surface area (Å²) in [4.78, 5) is 15.2. The van der Waals surface area contributed by atoms with Gasteiger partial charge in [-0.1, -0.05) is 12.1 Å². The van der Waals surface area contributed by atoms with Gasteiger partial charge in [0.05, 0.1) is 29.7 Å². The van der Waals surface area contributed by atoms with E-state index in [0.717, 1.165) is 28.0 Å². The lowest BCUT2D eigenvalue weighted by atomic mass is 10.1. The average molecular weight is 279 g/mol. The number of aromatic amines is 1. The number of fused-ring (bicyclic) bond motifs is 4. The third kappa shape index (κ3) is 1.74. The van der Waals surface area contributed by atoms with E-state index in [4.69, 9.17) is 4.74 Å². The number of pyridine rings is 1. The van der Waals surface area contributed by atoms with Crippen LogP contribution >= 0.6 is 0 Å². The van der Waals surface area contributed by atoms with Gasteiger partial charge in [-0.25, -0.2) is 0 Å². The minimum Gasteiger partial charge on any atom is -0.497 e. The number of hydrogen-bond acceptors (Lipinski definition) is 4. The standard InChI is InChI=1S/C16H13N3O2/c1-21-9-6-7-10-13(8-9)19-16(20)15-14(10)17-11-4-2-3-5-12(11)18-15/h2-8,17-18H,1H3,(H,19,20). The van der Waals surface area contributed by atoms with E-state index in [2.05, 4.69) is 15.6 Å². The Balaban J connectivity index is 1.99. The minimum absolute atomic E-state index is 0.159. The van der Waals surface area contributed by atoms with Crippen molar-refractivity contribution in [3.8, 4) is 5.75 Å². The van der Waals surface area contributed by atoms with E-state index in [1.807, 2.05) is 42.5 Å². The molecule has 1 aliphatic rings. The van der Waals surface area contributed by atoms with Crippen molar-refractivity contribution in [2.75, 3.05) is 17.7 Å². The average Bonchev–Trinajstić information content (AvgIpc) is 2.53. The van der Waals surface area contributed by atoms with Crippen LogP contribution in [0.15, 0.2) is 47.3 Å². The number of methoxy groups -OCH3 is 1. The molecule has 0 radical (unpaired) electrons. The molecule has 0 amide bonds. The molecular weight excluding hydrogens is 266 g/mol. The maximum atomic E-state index is 12.3. The lowest BCUT2D eigenvalue weighted by Crippen LogP contribution is -2.18. The van der Waals surface area contributed by atoms with E-state index in [9.17, 15) is 4.79 Å². The Labute approximate surface area is 120 Å². The first kappa shape index (κ1) is 11.8. The number of H-pyrrole nitrogens is 1. The highest BCUT2D eigenvalue weighted by atomic mass is 16.5. The fourth-order valence-corrected chi connectivity index (χ4v) is 2.62. The van der Waals surface area contributed by atoms with Crippen LogP contribution in [0.3, 0.4) is 0 Å². The summed E-state index contributed by atoms with van der Waals surface area (Å²) in [5.41, 5.74) is 3.75. The Morgan fingerprint density at radius 3 is 2.38 bits per heavy atom. The van der Waals surface area contributed by atoms with E-state index in [0.29, 0.717) is 11.4 Å². The number of nitrogens with one attached hydrogen (secondary N) is 3. The molecule has 5 nitrogen and oxygen atoms in total. The van der Waals surface area contributed by atoms with Crippen molar-refractivity contribution in [1.29, 1.82) is 0 Å². The van der Waals surface area contributed by atoms with Crippen LogP contribution in [0.4, 0.5) is 22.7 Å². The zero-order chi connectivity index (χ0) is 14.4. The van der Waals surface area contributed by atoms with Gasteiger partial charge in [-0.15, -0.1) is 0 Å². The van der Waals surface area contributed by atoms with Crippen LogP contribution in [0.1, 0.15) is 0 Å². The SMILES string of the molecule is COc1ccc2c3c(c(=O)[nH]c2c1)Nc1ccccc1N3. The number of ether oxygens (including phenoxy) is 1. The summed E-state index contributed by atoms with van der Waals surface area (Å²) >= 11 is 0. The van der Waals surface area contributed by atoms with Crippen LogP contribution < -0.4 is 20.9 Å². The van der Waals surface area contributed by atoms with Crippen LogP contribution in [0.2, 0.25) is 0 Å². The largest absolute Gasteiger partial charge is 0.497 e. The van der Waals surface area contributed by atoms with Crippen LogP contribution in [0.25, 0.3) is 10.9 Å². The summed E-state index contributed by atoms with van der Waals surface area (Å²) in [5, 5.41) is 7.47. The fourth-order valence-electron chi connectivity index (χ4n) is 2.62. The van der Waals surface area contributed by atoms with Crippen molar-refractivity contribution in [3.63, 3.8) is 0 Å². The molecule has 0 bridgehead atoms. The molecular formula is C16H13N3O2. The van der Waals surface area contributed by atoms with Gasteiger partial charge in [0.1, 0.15) is 11.4 Å². The summed E-state index contributed by atoms with van der Waals surface area (Å²) < 4.78 is 5.20.